The van der Waals surface area contributed by atoms with E-state index in [2.05, 4.69) is 0 Å². The maximum absolute atomic E-state index is 5.20. The Morgan fingerprint density at radius 3 is 3.33 bits per heavy atom. The van der Waals surface area contributed by atoms with Crippen molar-refractivity contribution >= 4 is 0 Å². The molecular weight excluding hydrogens is 116 g/mol. The predicted octanol–water partition coefficient (Wildman–Crippen LogP) is 1.60. The number of hydrogen-bond acceptors (Lipinski definition) is 2. The molecule has 2 nitrogen and oxygen atoms in total. The smallest absolute Gasteiger partial charge is 0.287 e. The molecule has 0 saturated heterocycles. The third-order valence-electron chi connectivity index (χ3n) is 1.53. The average molecular weight is 124 g/mol. The molecule has 2 heterocycles. The van der Waals surface area contributed by atoms with Gasteiger partial charge in [-0.2, -0.15) is 0 Å². The highest BCUT2D eigenvalue weighted by Crippen LogP contribution is 2.24. The van der Waals surface area contributed by atoms with Crippen molar-refractivity contribution in [2.45, 2.75) is 12.8 Å². The highest BCUT2D eigenvalue weighted by atomic mass is 16.6. The molecule has 0 bridgehead atoms. The van der Waals surface area contributed by atoms with Gasteiger partial charge in [-0.1, -0.05) is 0 Å². The van der Waals surface area contributed by atoms with Crippen LogP contribution in [0.4, 0.5) is 0 Å². The van der Waals surface area contributed by atoms with Crippen LogP contribution in [0.5, 0.6) is 5.95 Å². The molecule has 9 heavy (non-hydrogen) atoms. The Balaban J connectivity index is 2.39. The summed E-state index contributed by atoms with van der Waals surface area (Å²) in [5.41, 5.74) is 1.21. The Labute approximate surface area is 53.4 Å². The SMILES string of the molecule is c1cc2c(o1)OCCC2. The van der Waals surface area contributed by atoms with Gasteiger partial charge < -0.3 is 9.15 Å². The summed E-state index contributed by atoms with van der Waals surface area (Å²) < 4.78 is 10.2. The molecule has 0 saturated carbocycles. The van der Waals surface area contributed by atoms with Gasteiger partial charge in [0, 0.05) is 5.56 Å². The van der Waals surface area contributed by atoms with Gasteiger partial charge in [-0.25, -0.2) is 0 Å². The van der Waals surface area contributed by atoms with Crippen LogP contribution in [0.2, 0.25) is 0 Å². The molecule has 0 spiro atoms. The summed E-state index contributed by atoms with van der Waals surface area (Å²) in [6.07, 6.45) is 3.90. The summed E-state index contributed by atoms with van der Waals surface area (Å²) in [5, 5.41) is 0. The van der Waals surface area contributed by atoms with E-state index in [-0.39, 0.29) is 0 Å². The summed E-state index contributed by atoms with van der Waals surface area (Å²) in [5.74, 6) is 0.723. The molecule has 0 unspecified atom stereocenters. The van der Waals surface area contributed by atoms with Gasteiger partial charge in [0.25, 0.3) is 5.95 Å². The summed E-state index contributed by atoms with van der Waals surface area (Å²) in [7, 11) is 0. The van der Waals surface area contributed by atoms with Gasteiger partial charge >= 0.3 is 0 Å². The molecule has 0 aromatic carbocycles. The first-order valence-electron chi connectivity index (χ1n) is 3.16. The maximum Gasteiger partial charge on any atom is 0.287 e. The Kier molecular flexibility index (Phi) is 0.979. The summed E-state index contributed by atoms with van der Waals surface area (Å²) in [4.78, 5) is 0. The Bertz CT molecular complexity index is 182. The van der Waals surface area contributed by atoms with Crippen LogP contribution in [0.25, 0.3) is 0 Å². The van der Waals surface area contributed by atoms with Gasteiger partial charge in [-0.3, -0.25) is 0 Å². The second-order valence-corrected chi connectivity index (χ2v) is 2.19. The van der Waals surface area contributed by atoms with Crippen LogP contribution in [0.15, 0.2) is 16.7 Å². The van der Waals surface area contributed by atoms with E-state index >= 15 is 0 Å². The first-order valence-corrected chi connectivity index (χ1v) is 3.16. The first-order chi connectivity index (χ1) is 4.47. The zero-order chi connectivity index (χ0) is 6.10. The Hall–Kier alpha value is -0.920. The largest absolute Gasteiger partial charge is 0.465 e. The minimum Gasteiger partial charge on any atom is -0.465 e. The number of aryl methyl sites for hydroxylation is 1. The highest BCUT2D eigenvalue weighted by molar-refractivity contribution is 5.23. The molecule has 1 aliphatic rings. The fourth-order valence-electron chi connectivity index (χ4n) is 1.06. The minimum atomic E-state index is 0.723. The second-order valence-electron chi connectivity index (χ2n) is 2.19. The molecule has 1 aromatic rings. The van der Waals surface area contributed by atoms with Crippen LogP contribution in [0.3, 0.4) is 0 Å². The lowest BCUT2D eigenvalue weighted by molar-refractivity contribution is 0.220. The summed E-state index contributed by atoms with van der Waals surface area (Å²) in [6.45, 7) is 0.806. The fourth-order valence-corrected chi connectivity index (χ4v) is 1.06. The fraction of sp³-hybridized carbons (Fsp3) is 0.429. The van der Waals surface area contributed by atoms with E-state index < -0.39 is 0 Å². The number of ether oxygens (including phenoxy) is 1. The normalized spacial score (nSPS) is 16.4. The molecule has 0 radical (unpaired) electrons. The lowest BCUT2D eigenvalue weighted by atomic mass is 10.1. The van der Waals surface area contributed by atoms with Crippen molar-refractivity contribution in [2.75, 3.05) is 6.61 Å². The second kappa shape index (κ2) is 1.79. The van der Waals surface area contributed by atoms with E-state index in [1.165, 1.54) is 5.56 Å². The van der Waals surface area contributed by atoms with Gasteiger partial charge in [0.1, 0.15) is 0 Å². The van der Waals surface area contributed by atoms with E-state index in [9.17, 15) is 0 Å². The van der Waals surface area contributed by atoms with Crippen molar-refractivity contribution in [2.24, 2.45) is 0 Å². The van der Waals surface area contributed by atoms with Crippen LogP contribution in [-0.4, -0.2) is 6.61 Å². The molecule has 0 atom stereocenters. The number of fused-ring (bicyclic) bond motifs is 1. The zero-order valence-corrected chi connectivity index (χ0v) is 5.09. The van der Waals surface area contributed by atoms with Crippen molar-refractivity contribution < 1.29 is 9.15 Å². The molecule has 0 aliphatic carbocycles. The van der Waals surface area contributed by atoms with Crippen molar-refractivity contribution in [1.82, 2.24) is 0 Å². The average Bonchev–Trinajstić information content (AvgIpc) is 2.33. The summed E-state index contributed by atoms with van der Waals surface area (Å²) >= 11 is 0. The van der Waals surface area contributed by atoms with E-state index in [0.29, 0.717) is 0 Å². The molecule has 0 fully saturated rings. The lowest BCUT2D eigenvalue weighted by Gasteiger charge is -2.09. The molecule has 1 aliphatic heterocycles. The van der Waals surface area contributed by atoms with E-state index in [4.69, 9.17) is 9.15 Å². The van der Waals surface area contributed by atoms with E-state index in [1.807, 2.05) is 6.07 Å². The van der Waals surface area contributed by atoms with Crippen LogP contribution in [-0.2, 0) is 6.42 Å². The van der Waals surface area contributed by atoms with Gasteiger partial charge in [0.2, 0.25) is 0 Å². The third kappa shape index (κ3) is 0.707. The topological polar surface area (TPSA) is 22.4 Å². The van der Waals surface area contributed by atoms with Crippen molar-refractivity contribution in [3.05, 3.63) is 17.9 Å². The summed E-state index contributed by atoms with van der Waals surface area (Å²) in [6, 6.07) is 1.97. The maximum atomic E-state index is 5.20. The van der Waals surface area contributed by atoms with Crippen LogP contribution in [0, 0.1) is 0 Å². The standard InChI is InChI=1S/C7H8O2/c1-2-6-3-5-9-7(6)8-4-1/h3,5H,1-2,4H2. The van der Waals surface area contributed by atoms with Crippen molar-refractivity contribution in [3.8, 4) is 5.95 Å². The Morgan fingerprint density at radius 2 is 2.44 bits per heavy atom. The molecule has 0 N–H and O–H groups in total. The van der Waals surface area contributed by atoms with Crippen molar-refractivity contribution in [1.29, 1.82) is 0 Å². The predicted molar refractivity (Wildman–Crippen MR) is 32.5 cm³/mol. The number of furan rings is 1. The zero-order valence-electron chi connectivity index (χ0n) is 5.09. The minimum absolute atomic E-state index is 0.723. The molecule has 2 heteroatoms. The van der Waals surface area contributed by atoms with Gasteiger partial charge in [-0.15, -0.1) is 0 Å². The van der Waals surface area contributed by atoms with Crippen LogP contribution >= 0.6 is 0 Å². The van der Waals surface area contributed by atoms with Crippen LogP contribution in [0.1, 0.15) is 12.0 Å². The number of rotatable bonds is 0. The molecule has 2 rings (SSSR count). The van der Waals surface area contributed by atoms with Crippen molar-refractivity contribution in [3.63, 3.8) is 0 Å². The van der Waals surface area contributed by atoms with Crippen LogP contribution < -0.4 is 4.74 Å². The lowest BCUT2D eigenvalue weighted by Crippen LogP contribution is -2.05. The van der Waals surface area contributed by atoms with E-state index in [0.717, 1.165) is 25.4 Å². The third-order valence-corrected chi connectivity index (χ3v) is 1.53. The van der Waals surface area contributed by atoms with Gasteiger partial charge in [-0.05, 0) is 18.9 Å². The van der Waals surface area contributed by atoms with E-state index in [1.54, 1.807) is 6.26 Å². The number of hydrogen-bond donors (Lipinski definition) is 0. The molecule has 48 valence electrons. The van der Waals surface area contributed by atoms with Gasteiger partial charge in [0.05, 0.1) is 12.9 Å². The first kappa shape index (κ1) is 4.91. The Morgan fingerprint density at radius 1 is 1.44 bits per heavy atom. The monoisotopic (exact) mass is 124 g/mol. The quantitative estimate of drug-likeness (QED) is 0.524. The molecular formula is C7H8O2. The molecule has 0 amide bonds. The molecule has 1 aromatic heterocycles. The highest BCUT2D eigenvalue weighted by Gasteiger charge is 2.11. The van der Waals surface area contributed by atoms with Gasteiger partial charge in [0.15, 0.2) is 0 Å².